The number of nitrogens with zero attached hydrogens (tertiary/aromatic N) is 1. The van der Waals surface area contributed by atoms with E-state index < -0.39 is 10.9 Å². The van der Waals surface area contributed by atoms with Crippen LogP contribution in [0.15, 0.2) is 22.7 Å². The van der Waals surface area contributed by atoms with Gasteiger partial charge in [0.05, 0.1) is 9.40 Å². The normalized spacial score (nSPS) is 11.7. The van der Waals surface area contributed by atoms with Gasteiger partial charge in [0.2, 0.25) is 5.91 Å². The van der Waals surface area contributed by atoms with Crippen molar-refractivity contribution in [1.29, 1.82) is 0 Å². The number of amides is 1. The third-order valence-electron chi connectivity index (χ3n) is 2.48. The number of anilines is 1. The van der Waals surface area contributed by atoms with Gasteiger partial charge in [0.25, 0.3) is 5.69 Å². The molecule has 0 spiro atoms. The molecule has 20 heavy (non-hydrogen) atoms. The molecule has 1 unspecified atom stereocenters. The van der Waals surface area contributed by atoms with Crippen molar-refractivity contribution in [2.24, 2.45) is 5.92 Å². The van der Waals surface area contributed by atoms with Crippen LogP contribution < -0.4 is 5.32 Å². The van der Waals surface area contributed by atoms with E-state index in [1.54, 1.807) is 6.92 Å². The second kappa shape index (κ2) is 6.99. The van der Waals surface area contributed by atoms with Crippen molar-refractivity contribution in [3.05, 3.63) is 32.8 Å². The molecule has 7 nitrogen and oxygen atoms in total. The molecule has 108 valence electrons. The van der Waals surface area contributed by atoms with Gasteiger partial charge in [-0.15, -0.1) is 0 Å². The molecule has 0 aromatic heterocycles. The molecule has 0 fully saturated rings. The van der Waals surface area contributed by atoms with Gasteiger partial charge in [-0.05, 0) is 34.0 Å². The highest BCUT2D eigenvalue weighted by Gasteiger charge is 2.15. The highest BCUT2D eigenvalue weighted by atomic mass is 79.9. The van der Waals surface area contributed by atoms with Crippen molar-refractivity contribution >= 4 is 39.2 Å². The van der Waals surface area contributed by atoms with Gasteiger partial charge in [0.1, 0.15) is 0 Å². The van der Waals surface area contributed by atoms with Gasteiger partial charge in [-0.2, -0.15) is 0 Å². The van der Waals surface area contributed by atoms with Gasteiger partial charge in [-0.1, -0.05) is 6.92 Å². The third kappa shape index (κ3) is 4.96. The highest BCUT2D eigenvalue weighted by Crippen LogP contribution is 2.28. The van der Waals surface area contributed by atoms with Crippen molar-refractivity contribution in [1.82, 2.24) is 0 Å². The first-order chi connectivity index (χ1) is 9.29. The predicted octanol–water partition coefficient (Wildman–Crippen LogP) is 2.80. The zero-order chi connectivity index (χ0) is 15.3. The van der Waals surface area contributed by atoms with E-state index >= 15 is 0 Å². The summed E-state index contributed by atoms with van der Waals surface area (Å²) in [5, 5.41) is 21.9. The summed E-state index contributed by atoms with van der Waals surface area (Å²) in [6.07, 6.45) is -0.0654. The lowest BCUT2D eigenvalue weighted by Gasteiger charge is -2.09. The summed E-state index contributed by atoms with van der Waals surface area (Å²) < 4.78 is 0.319. The van der Waals surface area contributed by atoms with Crippen LogP contribution in [-0.2, 0) is 9.59 Å². The van der Waals surface area contributed by atoms with E-state index in [2.05, 4.69) is 21.2 Å². The minimum atomic E-state index is -0.968. The van der Waals surface area contributed by atoms with E-state index in [0.717, 1.165) is 0 Å². The zero-order valence-corrected chi connectivity index (χ0v) is 12.2. The Bertz CT molecular complexity index is 547. The van der Waals surface area contributed by atoms with Crippen LogP contribution in [-0.4, -0.2) is 21.9 Å². The van der Waals surface area contributed by atoms with Crippen LogP contribution in [0.3, 0.4) is 0 Å². The summed E-state index contributed by atoms with van der Waals surface area (Å²) in [5.74, 6) is -1.65. The predicted molar refractivity (Wildman–Crippen MR) is 75.5 cm³/mol. The molecule has 0 heterocycles. The van der Waals surface area contributed by atoms with Gasteiger partial charge < -0.3 is 10.4 Å². The van der Waals surface area contributed by atoms with Crippen LogP contribution in [0.1, 0.15) is 19.8 Å². The van der Waals surface area contributed by atoms with Crippen molar-refractivity contribution in [2.45, 2.75) is 19.8 Å². The van der Waals surface area contributed by atoms with Crippen LogP contribution in [0.2, 0.25) is 0 Å². The number of hydrogen-bond donors (Lipinski definition) is 2. The fraction of sp³-hybridized carbons (Fsp3) is 0.333. The molecule has 0 aliphatic heterocycles. The van der Waals surface area contributed by atoms with E-state index in [4.69, 9.17) is 5.11 Å². The number of nitro benzene ring substituents is 1. The van der Waals surface area contributed by atoms with Crippen LogP contribution in [0, 0.1) is 16.0 Å². The molecular formula is C12H13BrN2O5. The minimum absolute atomic E-state index is 0.0379. The molecule has 0 radical (unpaired) electrons. The highest BCUT2D eigenvalue weighted by molar-refractivity contribution is 9.10. The van der Waals surface area contributed by atoms with Gasteiger partial charge >= 0.3 is 5.97 Å². The first kappa shape index (κ1) is 16.1. The SMILES string of the molecule is CC(CC(=O)O)CC(=O)Nc1ccc(Br)c([N+](=O)[O-])c1. The number of halogens is 1. The lowest BCUT2D eigenvalue weighted by molar-refractivity contribution is -0.385. The van der Waals surface area contributed by atoms with Gasteiger partial charge in [0, 0.05) is 24.6 Å². The lowest BCUT2D eigenvalue weighted by atomic mass is 10.0. The van der Waals surface area contributed by atoms with E-state index in [1.165, 1.54) is 18.2 Å². The third-order valence-corrected chi connectivity index (χ3v) is 3.15. The van der Waals surface area contributed by atoms with E-state index in [0.29, 0.717) is 10.2 Å². The summed E-state index contributed by atoms with van der Waals surface area (Å²) >= 11 is 3.05. The molecule has 8 heteroatoms. The number of aliphatic carboxylic acids is 1. The maximum Gasteiger partial charge on any atom is 0.303 e. The Morgan fingerprint density at radius 3 is 2.65 bits per heavy atom. The first-order valence-electron chi connectivity index (χ1n) is 5.75. The Hall–Kier alpha value is -1.96. The summed E-state index contributed by atoms with van der Waals surface area (Å²) in [5.41, 5.74) is 0.147. The number of carbonyl (C=O) groups is 2. The Labute approximate surface area is 123 Å². The van der Waals surface area contributed by atoms with Crippen LogP contribution >= 0.6 is 15.9 Å². The summed E-state index contributed by atoms with van der Waals surface area (Å²) in [6, 6.07) is 4.23. The van der Waals surface area contributed by atoms with Crippen molar-refractivity contribution in [2.75, 3.05) is 5.32 Å². The monoisotopic (exact) mass is 344 g/mol. The number of hydrogen-bond acceptors (Lipinski definition) is 4. The molecular weight excluding hydrogens is 332 g/mol. The quantitative estimate of drug-likeness (QED) is 0.609. The molecule has 0 saturated carbocycles. The molecule has 1 amide bonds. The Morgan fingerprint density at radius 2 is 2.10 bits per heavy atom. The fourth-order valence-electron chi connectivity index (χ4n) is 1.63. The second-order valence-electron chi connectivity index (χ2n) is 4.38. The molecule has 1 atom stereocenters. The molecule has 2 N–H and O–H groups in total. The maximum absolute atomic E-state index is 11.7. The molecule has 1 aromatic carbocycles. The Balaban J connectivity index is 2.69. The maximum atomic E-state index is 11.7. The second-order valence-corrected chi connectivity index (χ2v) is 5.23. The lowest BCUT2D eigenvalue weighted by Crippen LogP contribution is -2.17. The molecule has 1 aromatic rings. The molecule has 0 aliphatic carbocycles. The minimum Gasteiger partial charge on any atom is -0.481 e. The van der Waals surface area contributed by atoms with Crippen molar-refractivity contribution in [3.8, 4) is 0 Å². The number of carbonyl (C=O) groups excluding carboxylic acids is 1. The first-order valence-corrected chi connectivity index (χ1v) is 6.54. The zero-order valence-electron chi connectivity index (χ0n) is 10.6. The molecule has 1 rings (SSSR count). The van der Waals surface area contributed by atoms with Crippen LogP contribution in [0.4, 0.5) is 11.4 Å². The number of nitrogens with one attached hydrogen (secondary N) is 1. The van der Waals surface area contributed by atoms with Gasteiger partial charge in [0.15, 0.2) is 0 Å². The average molecular weight is 345 g/mol. The topological polar surface area (TPSA) is 110 Å². The molecule has 0 saturated heterocycles. The van der Waals surface area contributed by atoms with Crippen molar-refractivity contribution < 1.29 is 19.6 Å². The number of carboxylic acids is 1. The van der Waals surface area contributed by atoms with Crippen LogP contribution in [0.5, 0.6) is 0 Å². The average Bonchev–Trinajstić information content (AvgIpc) is 2.29. The summed E-state index contributed by atoms with van der Waals surface area (Å²) in [4.78, 5) is 32.4. The number of carboxylic acid groups (broad SMARTS) is 1. The van der Waals surface area contributed by atoms with Crippen molar-refractivity contribution in [3.63, 3.8) is 0 Å². The smallest absolute Gasteiger partial charge is 0.303 e. The van der Waals surface area contributed by atoms with Gasteiger partial charge in [-0.25, -0.2) is 0 Å². The Morgan fingerprint density at radius 1 is 1.45 bits per heavy atom. The van der Waals surface area contributed by atoms with Crippen LogP contribution in [0.25, 0.3) is 0 Å². The van der Waals surface area contributed by atoms with E-state index in [1.807, 2.05) is 0 Å². The molecule has 0 aliphatic rings. The van der Waals surface area contributed by atoms with E-state index in [9.17, 15) is 19.7 Å². The molecule has 0 bridgehead atoms. The summed E-state index contributed by atoms with van der Waals surface area (Å²) in [6.45, 7) is 1.65. The number of benzene rings is 1. The number of rotatable bonds is 6. The summed E-state index contributed by atoms with van der Waals surface area (Å²) in [7, 11) is 0. The largest absolute Gasteiger partial charge is 0.481 e. The van der Waals surface area contributed by atoms with Gasteiger partial charge in [-0.3, -0.25) is 19.7 Å². The standard InChI is InChI=1S/C12H13BrN2O5/c1-7(5-12(17)18)4-11(16)14-8-2-3-9(13)10(6-8)15(19)20/h2-3,6-7H,4-5H2,1H3,(H,14,16)(H,17,18). The van der Waals surface area contributed by atoms with E-state index in [-0.39, 0.29) is 30.4 Å². The number of nitro groups is 1. The Kier molecular flexibility index (Phi) is 5.63. The fourth-order valence-corrected chi connectivity index (χ4v) is 2.02.